The third-order valence-corrected chi connectivity index (χ3v) is 4.42. The molecule has 0 radical (unpaired) electrons. The summed E-state index contributed by atoms with van der Waals surface area (Å²) >= 11 is 5.95. The predicted molar refractivity (Wildman–Crippen MR) is 91.5 cm³/mol. The summed E-state index contributed by atoms with van der Waals surface area (Å²) in [6.07, 6.45) is 1.22. The van der Waals surface area contributed by atoms with E-state index in [-0.39, 0.29) is 31.5 Å². The van der Waals surface area contributed by atoms with E-state index in [2.05, 4.69) is 0 Å². The number of nitrogens with zero attached hydrogens (tertiary/aromatic N) is 2. The van der Waals surface area contributed by atoms with Crippen molar-refractivity contribution in [2.24, 2.45) is 5.92 Å². The van der Waals surface area contributed by atoms with Gasteiger partial charge < -0.3 is 19.6 Å². The molecule has 136 valence electrons. The highest BCUT2D eigenvalue weighted by Gasteiger charge is 2.29. The predicted octanol–water partition coefficient (Wildman–Crippen LogP) is 1.50. The minimum absolute atomic E-state index is 0.114. The zero-order valence-electron chi connectivity index (χ0n) is 14.0. The number of carbonyl (C=O) groups excluding carboxylic acids is 2. The fourth-order valence-corrected chi connectivity index (χ4v) is 2.80. The standard InChI is InChI=1S/C17H21ClN2O5/c1-19(16(22)11-25-14-7-3-2-6-13(14)18)10-15(21)20-8-4-5-12(9-20)17(23)24/h2-3,6-7,12H,4-5,8-11H2,1H3,(H,23,24). The van der Waals surface area contributed by atoms with Crippen molar-refractivity contribution in [3.8, 4) is 5.75 Å². The van der Waals surface area contributed by atoms with Crippen LogP contribution in [0, 0.1) is 5.92 Å². The number of amides is 2. The normalized spacial score (nSPS) is 17.0. The summed E-state index contributed by atoms with van der Waals surface area (Å²) in [7, 11) is 1.51. The molecule has 2 amide bonds. The second kappa shape index (κ2) is 8.71. The number of carboxylic acids is 1. The van der Waals surface area contributed by atoms with E-state index in [1.165, 1.54) is 16.8 Å². The lowest BCUT2D eigenvalue weighted by atomic mass is 9.98. The third-order valence-electron chi connectivity index (χ3n) is 4.11. The fourth-order valence-electron chi connectivity index (χ4n) is 2.61. The number of rotatable bonds is 6. The molecule has 1 fully saturated rings. The molecule has 1 aliphatic heterocycles. The molecule has 1 aromatic rings. The lowest BCUT2D eigenvalue weighted by Gasteiger charge is -2.32. The Kier molecular flexibility index (Phi) is 6.64. The van der Waals surface area contributed by atoms with Crippen LogP contribution in [-0.4, -0.2) is 66.0 Å². The van der Waals surface area contributed by atoms with Gasteiger partial charge >= 0.3 is 5.97 Å². The van der Waals surface area contributed by atoms with E-state index >= 15 is 0 Å². The van der Waals surface area contributed by atoms with Crippen molar-refractivity contribution in [2.45, 2.75) is 12.8 Å². The largest absolute Gasteiger partial charge is 0.482 e. The first kappa shape index (κ1) is 19.1. The van der Waals surface area contributed by atoms with Gasteiger partial charge in [-0.25, -0.2) is 0 Å². The van der Waals surface area contributed by atoms with Gasteiger partial charge in [0.05, 0.1) is 17.5 Å². The number of carboxylic acid groups (broad SMARTS) is 1. The van der Waals surface area contributed by atoms with E-state index in [0.717, 1.165) is 0 Å². The van der Waals surface area contributed by atoms with E-state index in [1.807, 2.05) is 0 Å². The van der Waals surface area contributed by atoms with Gasteiger partial charge in [-0.2, -0.15) is 0 Å². The molecule has 1 saturated heterocycles. The molecular formula is C17H21ClN2O5. The smallest absolute Gasteiger partial charge is 0.308 e. The minimum Gasteiger partial charge on any atom is -0.482 e. The molecule has 1 heterocycles. The molecule has 0 saturated carbocycles. The van der Waals surface area contributed by atoms with Gasteiger partial charge in [0.1, 0.15) is 5.75 Å². The maximum absolute atomic E-state index is 12.3. The van der Waals surface area contributed by atoms with Gasteiger partial charge in [0.2, 0.25) is 5.91 Å². The van der Waals surface area contributed by atoms with Crippen LogP contribution in [0.4, 0.5) is 0 Å². The Morgan fingerprint density at radius 3 is 2.76 bits per heavy atom. The summed E-state index contributed by atoms with van der Waals surface area (Å²) in [6.45, 7) is 0.357. The summed E-state index contributed by atoms with van der Waals surface area (Å²) in [4.78, 5) is 38.2. The zero-order chi connectivity index (χ0) is 18.4. The summed E-state index contributed by atoms with van der Waals surface area (Å²) in [6, 6.07) is 6.81. The van der Waals surface area contributed by atoms with Crippen molar-refractivity contribution in [2.75, 3.05) is 33.3 Å². The van der Waals surface area contributed by atoms with Crippen molar-refractivity contribution >= 4 is 29.4 Å². The Balaban J connectivity index is 1.82. The van der Waals surface area contributed by atoms with Crippen molar-refractivity contribution in [3.63, 3.8) is 0 Å². The van der Waals surface area contributed by atoms with Gasteiger partial charge in [0.15, 0.2) is 6.61 Å². The van der Waals surface area contributed by atoms with Crippen molar-refractivity contribution < 1.29 is 24.2 Å². The number of ether oxygens (including phenoxy) is 1. The number of hydrogen-bond donors (Lipinski definition) is 1. The molecule has 7 nitrogen and oxygen atoms in total. The first-order valence-corrected chi connectivity index (χ1v) is 8.38. The van der Waals surface area contributed by atoms with Gasteiger partial charge in [-0.15, -0.1) is 0 Å². The molecule has 8 heteroatoms. The summed E-state index contributed by atoms with van der Waals surface area (Å²) in [5.41, 5.74) is 0. The topological polar surface area (TPSA) is 87.2 Å². The average molecular weight is 369 g/mol. The quantitative estimate of drug-likeness (QED) is 0.822. The summed E-state index contributed by atoms with van der Waals surface area (Å²) in [5.74, 6) is -1.66. The third kappa shape index (κ3) is 5.35. The van der Waals surface area contributed by atoms with E-state index in [1.54, 1.807) is 24.3 Å². The van der Waals surface area contributed by atoms with Crippen LogP contribution in [0.5, 0.6) is 5.75 Å². The van der Waals surface area contributed by atoms with Crippen molar-refractivity contribution in [3.05, 3.63) is 29.3 Å². The Morgan fingerprint density at radius 2 is 2.08 bits per heavy atom. The van der Waals surface area contributed by atoms with Crippen LogP contribution < -0.4 is 4.74 Å². The number of benzene rings is 1. The highest BCUT2D eigenvalue weighted by Crippen LogP contribution is 2.23. The second-order valence-electron chi connectivity index (χ2n) is 5.99. The Hall–Kier alpha value is -2.28. The van der Waals surface area contributed by atoms with Gasteiger partial charge in [0.25, 0.3) is 5.91 Å². The van der Waals surface area contributed by atoms with Gasteiger partial charge in [-0.3, -0.25) is 14.4 Å². The number of para-hydroxylation sites is 1. The molecule has 0 aliphatic carbocycles. The molecule has 1 atom stereocenters. The fraction of sp³-hybridized carbons (Fsp3) is 0.471. The Labute approximate surface area is 151 Å². The number of likely N-dealkylation sites (tertiary alicyclic amines) is 1. The van der Waals surface area contributed by atoms with Crippen LogP contribution in [-0.2, 0) is 14.4 Å². The first-order chi connectivity index (χ1) is 11.9. The molecule has 0 spiro atoms. The van der Waals surface area contributed by atoms with Crippen LogP contribution in [0.25, 0.3) is 0 Å². The summed E-state index contributed by atoms with van der Waals surface area (Å²) in [5, 5.41) is 9.48. The second-order valence-corrected chi connectivity index (χ2v) is 6.39. The first-order valence-electron chi connectivity index (χ1n) is 8.00. The average Bonchev–Trinajstić information content (AvgIpc) is 2.60. The molecule has 25 heavy (non-hydrogen) atoms. The zero-order valence-corrected chi connectivity index (χ0v) is 14.7. The molecule has 1 aromatic carbocycles. The van der Waals surface area contributed by atoms with E-state index in [4.69, 9.17) is 21.4 Å². The number of likely N-dealkylation sites (N-methyl/N-ethyl adjacent to an activating group) is 1. The van der Waals surface area contributed by atoms with Gasteiger partial charge in [-0.1, -0.05) is 23.7 Å². The lowest BCUT2D eigenvalue weighted by molar-refractivity contribution is -0.147. The van der Waals surface area contributed by atoms with Gasteiger partial charge in [-0.05, 0) is 25.0 Å². The van der Waals surface area contributed by atoms with Crippen LogP contribution >= 0.6 is 11.6 Å². The minimum atomic E-state index is -0.893. The van der Waals surface area contributed by atoms with Gasteiger partial charge in [0, 0.05) is 20.1 Å². The van der Waals surface area contributed by atoms with Crippen molar-refractivity contribution in [1.82, 2.24) is 9.80 Å². The van der Waals surface area contributed by atoms with Crippen molar-refractivity contribution in [1.29, 1.82) is 0 Å². The molecule has 2 rings (SSSR count). The number of halogens is 1. The SMILES string of the molecule is CN(CC(=O)N1CCCC(C(=O)O)C1)C(=O)COc1ccccc1Cl. The Bertz CT molecular complexity index is 652. The molecule has 1 N–H and O–H groups in total. The maximum atomic E-state index is 12.3. The number of aliphatic carboxylic acids is 1. The monoisotopic (exact) mass is 368 g/mol. The van der Waals surface area contributed by atoms with Crippen LogP contribution in [0.15, 0.2) is 24.3 Å². The van der Waals surface area contributed by atoms with E-state index in [9.17, 15) is 14.4 Å². The lowest BCUT2D eigenvalue weighted by Crippen LogP contribution is -2.47. The van der Waals surface area contributed by atoms with E-state index in [0.29, 0.717) is 30.2 Å². The molecule has 0 aromatic heterocycles. The molecule has 0 bridgehead atoms. The highest BCUT2D eigenvalue weighted by molar-refractivity contribution is 6.32. The molecule has 1 aliphatic rings. The number of piperidine rings is 1. The van der Waals surface area contributed by atoms with Crippen LogP contribution in [0.2, 0.25) is 5.02 Å². The van der Waals surface area contributed by atoms with Crippen LogP contribution in [0.3, 0.4) is 0 Å². The molecular weight excluding hydrogens is 348 g/mol. The maximum Gasteiger partial charge on any atom is 0.308 e. The van der Waals surface area contributed by atoms with E-state index < -0.39 is 11.9 Å². The van der Waals surface area contributed by atoms with Crippen LogP contribution in [0.1, 0.15) is 12.8 Å². The summed E-state index contributed by atoms with van der Waals surface area (Å²) < 4.78 is 5.37. The molecule has 1 unspecified atom stereocenters. The highest BCUT2D eigenvalue weighted by atomic mass is 35.5. The number of carbonyl (C=O) groups is 3. The Morgan fingerprint density at radius 1 is 1.36 bits per heavy atom. The number of hydrogen-bond acceptors (Lipinski definition) is 4.